The van der Waals surface area contributed by atoms with Gasteiger partial charge in [-0.1, -0.05) is 0 Å². The predicted molar refractivity (Wildman–Crippen MR) is 78.8 cm³/mol. The standard InChI is InChI=1S/C11H11Br2N3OS/c1-6-3-7(15-16(6)2)5-14-11(17)9-4-8(12)10(13)18-9/h3-4H,5H2,1-2H3,(H,14,17). The number of amides is 1. The molecule has 18 heavy (non-hydrogen) atoms. The van der Waals surface area contributed by atoms with Crippen LogP contribution in [0.2, 0.25) is 0 Å². The molecule has 0 aliphatic rings. The lowest BCUT2D eigenvalue weighted by Gasteiger charge is -2.00. The molecule has 2 heterocycles. The molecule has 4 nitrogen and oxygen atoms in total. The zero-order valence-corrected chi connectivity index (χ0v) is 13.8. The van der Waals surface area contributed by atoms with E-state index < -0.39 is 0 Å². The second kappa shape index (κ2) is 5.54. The maximum Gasteiger partial charge on any atom is 0.261 e. The van der Waals surface area contributed by atoms with Crippen molar-refractivity contribution in [2.75, 3.05) is 0 Å². The van der Waals surface area contributed by atoms with E-state index in [-0.39, 0.29) is 5.91 Å². The van der Waals surface area contributed by atoms with Gasteiger partial charge in [0.2, 0.25) is 0 Å². The number of aromatic nitrogens is 2. The largest absolute Gasteiger partial charge is 0.346 e. The first-order valence-electron chi connectivity index (χ1n) is 5.20. The molecule has 0 saturated heterocycles. The van der Waals surface area contributed by atoms with Gasteiger partial charge in [0.15, 0.2) is 0 Å². The van der Waals surface area contributed by atoms with E-state index in [1.165, 1.54) is 11.3 Å². The summed E-state index contributed by atoms with van der Waals surface area (Å²) in [6.45, 7) is 2.42. The van der Waals surface area contributed by atoms with E-state index >= 15 is 0 Å². The monoisotopic (exact) mass is 391 g/mol. The second-order valence-electron chi connectivity index (χ2n) is 3.82. The lowest BCUT2D eigenvalue weighted by Crippen LogP contribution is -2.22. The van der Waals surface area contributed by atoms with Gasteiger partial charge in [-0.3, -0.25) is 9.48 Å². The van der Waals surface area contributed by atoms with Crippen LogP contribution in [-0.4, -0.2) is 15.7 Å². The van der Waals surface area contributed by atoms with Crippen LogP contribution >= 0.6 is 43.2 Å². The summed E-state index contributed by atoms with van der Waals surface area (Å²) in [6.07, 6.45) is 0. The first-order chi connectivity index (χ1) is 8.47. The van der Waals surface area contributed by atoms with Crippen molar-refractivity contribution in [1.29, 1.82) is 0 Å². The van der Waals surface area contributed by atoms with Crippen molar-refractivity contribution in [3.8, 4) is 0 Å². The third-order valence-corrected chi connectivity index (χ3v) is 5.72. The molecule has 2 aromatic rings. The highest BCUT2D eigenvalue weighted by molar-refractivity contribution is 9.13. The third-order valence-electron chi connectivity index (χ3n) is 2.46. The van der Waals surface area contributed by atoms with Gasteiger partial charge in [-0.15, -0.1) is 11.3 Å². The summed E-state index contributed by atoms with van der Waals surface area (Å²) in [6, 6.07) is 3.76. The Morgan fingerprint density at radius 3 is 2.72 bits per heavy atom. The molecule has 0 unspecified atom stereocenters. The lowest BCUT2D eigenvalue weighted by molar-refractivity contribution is 0.0954. The summed E-state index contributed by atoms with van der Waals surface area (Å²) >= 11 is 8.13. The summed E-state index contributed by atoms with van der Waals surface area (Å²) in [5, 5.41) is 7.14. The molecule has 0 spiro atoms. The summed E-state index contributed by atoms with van der Waals surface area (Å²) in [5.41, 5.74) is 1.93. The fourth-order valence-corrected chi connectivity index (χ4v) is 3.39. The van der Waals surface area contributed by atoms with Crippen molar-refractivity contribution < 1.29 is 4.79 Å². The number of hydrogen-bond donors (Lipinski definition) is 1. The fraction of sp³-hybridized carbons (Fsp3) is 0.273. The van der Waals surface area contributed by atoms with E-state index in [0.29, 0.717) is 11.4 Å². The Balaban J connectivity index is 2.00. The molecule has 0 atom stereocenters. The van der Waals surface area contributed by atoms with Crippen LogP contribution in [0.5, 0.6) is 0 Å². The van der Waals surface area contributed by atoms with Crippen LogP contribution < -0.4 is 5.32 Å². The van der Waals surface area contributed by atoms with E-state index in [2.05, 4.69) is 42.3 Å². The Labute approximate surface area is 126 Å². The first kappa shape index (κ1) is 13.8. The van der Waals surface area contributed by atoms with Gasteiger partial charge in [0.25, 0.3) is 5.91 Å². The number of halogens is 2. The lowest BCUT2D eigenvalue weighted by atomic mass is 10.3. The van der Waals surface area contributed by atoms with Crippen LogP contribution in [0.25, 0.3) is 0 Å². The van der Waals surface area contributed by atoms with Crippen molar-refractivity contribution in [1.82, 2.24) is 15.1 Å². The molecule has 1 amide bonds. The van der Waals surface area contributed by atoms with Gasteiger partial charge < -0.3 is 5.32 Å². The van der Waals surface area contributed by atoms with Crippen molar-refractivity contribution in [3.05, 3.63) is 36.7 Å². The molecule has 2 aromatic heterocycles. The minimum atomic E-state index is -0.0882. The van der Waals surface area contributed by atoms with Gasteiger partial charge in [0.1, 0.15) is 0 Å². The number of rotatable bonds is 3. The smallest absolute Gasteiger partial charge is 0.261 e. The Hall–Kier alpha value is -0.660. The fourth-order valence-electron chi connectivity index (χ4n) is 1.44. The van der Waals surface area contributed by atoms with Gasteiger partial charge >= 0.3 is 0 Å². The number of carbonyl (C=O) groups is 1. The molecule has 0 aromatic carbocycles. The molecule has 0 saturated carbocycles. The SMILES string of the molecule is Cc1cc(CNC(=O)c2cc(Br)c(Br)s2)nn1C. The van der Waals surface area contributed by atoms with Crippen molar-refractivity contribution in [2.45, 2.75) is 13.5 Å². The number of nitrogens with zero attached hydrogens (tertiary/aromatic N) is 2. The van der Waals surface area contributed by atoms with Gasteiger partial charge in [-0.25, -0.2) is 0 Å². The molecule has 0 aliphatic carbocycles. The Morgan fingerprint density at radius 2 is 2.22 bits per heavy atom. The zero-order valence-electron chi connectivity index (χ0n) is 9.83. The molecule has 0 radical (unpaired) electrons. The summed E-state index contributed by atoms with van der Waals surface area (Å²) in [4.78, 5) is 12.6. The number of thiophene rings is 1. The van der Waals surface area contributed by atoms with Crippen LogP contribution in [-0.2, 0) is 13.6 Å². The van der Waals surface area contributed by atoms with Gasteiger partial charge in [-0.05, 0) is 50.9 Å². The van der Waals surface area contributed by atoms with E-state index in [1.807, 2.05) is 20.0 Å². The van der Waals surface area contributed by atoms with Crippen LogP contribution in [0.1, 0.15) is 21.1 Å². The van der Waals surface area contributed by atoms with Crippen molar-refractivity contribution in [2.24, 2.45) is 7.05 Å². The zero-order chi connectivity index (χ0) is 13.3. The van der Waals surface area contributed by atoms with E-state index in [4.69, 9.17) is 0 Å². The molecular weight excluding hydrogens is 382 g/mol. The van der Waals surface area contributed by atoms with E-state index in [9.17, 15) is 4.79 Å². The maximum absolute atomic E-state index is 11.9. The molecule has 1 N–H and O–H groups in total. The minimum Gasteiger partial charge on any atom is -0.346 e. The minimum absolute atomic E-state index is 0.0882. The molecule has 7 heteroatoms. The summed E-state index contributed by atoms with van der Waals surface area (Å²) < 4.78 is 3.60. The number of hydrogen-bond acceptors (Lipinski definition) is 3. The molecule has 96 valence electrons. The predicted octanol–water partition coefficient (Wildman–Crippen LogP) is 3.25. The second-order valence-corrected chi connectivity index (χ2v) is 7.04. The van der Waals surface area contributed by atoms with E-state index in [1.54, 1.807) is 10.7 Å². The number of carbonyl (C=O) groups excluding carboxylic acids is 1. The molecule has 0 aliphatic heterocycles. The van der Waals surface area contributed by atoms with Crippen LogP contribution in [0.15, 0.2) is 20.4 Å². The number of nitrogens with one attached hydrogen (secondary N) is 1. The van der Waals surface area contributed by atoms with Crippen molar-refractivity contribution >= 4 is 49.1 Å². The topological polar surface area (TPSA) is 46.9 Å². The highest BCUT2D eigenvalue weighted by Crippen LogP contribution is 2.32. The van der Waals surface area contributed by atoms with Gasteiger partial charge in [-0.2, -0.15) is 5.10 Å². The molecule has 0 fully saturated rings. The quantitative estimate of drug-likeness (QED) is 0.871. The normalized spacial score (nSPS) is 10.7. The third kappa shape index (κ3) is 3.02. The molecule has 0 bridgehead atoms. The summed E-state index contributed by atoms with van der Waals surface area (Å²) in [5.74, 6) is -0.0882. The van der Waals surface area contributed by atoms with Gasteiger partial charge in [0, 0.05) is 17.2 Å². The summed E-state index contributed by atoms with van der Waals surface area (Å²) in [7, 11) is 1.88. The van der Waals surface area contributed by atoms with Gasteiger partial charge in [0.05, 0.1) is 20.9 Å². The van der Waals surface area contributed by atoms with Crippen LogP contribution in [0.4, 0.5) is 0 Å². The average molecular weight is 393 g/mol. The highest BCUT2D eigenvalue weighted by Gasteiger charge is 2.12. The van der Waals surface area contributed by atoms with Crippen LogP contribution in [0.3, 0.4) is 0 Å². The molecule has 2 rings (SSSR count). The maximum atomic E-state index is 11.9. The van der Waals surface area contributed by atoms with Crippen molar-refractivity contribution in [3.63, 3.8) is 0 Å². The Kier molecular flexibility index (Phi) is 4.24. The first-order valence-corrected chi connectivity index (χ1v) is 7.60. The Morgan fingerprint density at radius 1 is 1.50 bits per heavy atom. The van der Waals surface area contributed by atoms with Crippen LogP contribution in [0, 0.1) is 6.92 Å². The molecular formula is C11H11Br2N3OS. The Bertz CT molecular complexity index is 552. The highest BCUT2D eigenvalue weighted by atomic mass is 79.9. The average Bonchev–Trinajstić information content (AvgIpc) is 2.81. The number of aryl methyl sites for hydroxylation is 2. The van der Waals surface area contributed by atoms with E-state index in [0.717, 1.165) is 19.6 Å².